The first-order chi connectivity index (χ1) is 23.6. The van der Waals surface area contributed by atoms with Gasteiger partial charge in [0.05, 0.1) is 12.8 Å². The highest BCUT2D eigenvalue weighted by molar-refractivity contribution is 8.47. The summed E-state index contributed by atoms with van der Waals surface area (Å²) in [6.07, 6.45) is 0.548. The van der Waals surface area contributed by atoms with Crippen LogP contribution in [0.2, 0.25) is 0 Å². The fourth-order valence-corrected chi connectivity index (χ4v) is 8.60. The summed E-state index contributed by atoms with van der Waals surface area (Å²) < 4.78 is 6.97. The van der Waals surface area contributed by atoms with Crippen molar-refractivity contribution in [3.8, 4) is 0 Å². The number of esters is 1. The highest BCUT2D eigenvalue weighted by Gasteiger charge is 2.07. The van der Waals surface area contributed by atoms with Crippen molar-refractivity contribution in [1.82, 2.24) is 0 Å². The molecule has 49 heavy (non-hydrogen) atoms. The predicted octanol–water partition coefficient (Wildman–Crippen LogP) is 6.89. The van der Waals surface area contributed by atoms with Gasteiger partial charge in [-0.1, -0.05) is 144 Å². The summed E-state index contributed by atoms with van der Waals surface area (Å²) in [5.41, 5.74) is 4.72. The van der Waals surface area contributed by atoms with Crippen molar-refractivity contribution in [2.75, 3.05) is 11.5 Å². The summed E-state index contributed by atoms with van der Waals surface area (Å²) in [6.45, 7) is 0.346. The Kier molecular flexibility index (Phi) is 23.7. The minimum atomic E-state index is -0.775. The molecule has 0 radical (unpaired) electrons. The lowest BCUT2D eigenvalue weighted by Gasteiger charge is -2.06. The van der Waals surface area contributed by atoms with Crippen LogP contribution >= 0.6 is 83.1 Å². The van der Waals surface area contributed by atoms with Gasteiger partial charge in [-0.05, 0) is 22.3 Å². The lowest BCUT2D eigenvalue weighted by molar-refractivity contribution is -0.144. The largest absolute Gasteiger partial charge is 0.481 e. The Hall–Kier alpha value is -1.88. The molecule has 0 unspecified atom stereocenters. The van der Waals surface area contributed by atoms with Gasteiger partial charge in [0.15, 0.2) is 0 Å². The molecule has 0 fully saturated rings. The van der Waals surface area contributed by atoms with Gasteiger partial charge >= 0.3 is 11.9 Å². The van der Waals surface area contributed by atoms with E-state index in [1.807, 2.05) is 48.5 Å². The number of hydrogen-bond acceptors (Lipinski definition) is 9. The number of alkyl halides is 1. The summed E-state index contributed by atoms with van der Waals surface area (Å²) in [7, 11) is 2.17. The molecule has 0 amide bonds. The topological polar surface area (TPSA) is 63.6 Å². The van der Waals surface area contributed by atoms with Gasteiger partial charge in [0.2, 0.25) is 0 Å². The van der Waals surface area contributed by atoms with Crippen LogP contribution in [0.1, 0.15) is 35.1 Å². The van der Waals surface area contributed by atoms with Crippen LogP contribution in [0.15, 0.2) is 109 Å². The summed E-state index contributed by atoms with van der Waals surface area (Å²) in [4.78, 5) is 22.1. The summed E-state index contributed by atoms with van der Waals surface area (Å²) >= 11 is 22.3. The molecule has 13 heteroatoms. The van der Waals surface area contributed by atoms with Crippen LogP contribution in [0, 0.1) is 0 Å². The molecule has 0 saturated carbocycles. The van der Waals surface area contributed by atoms with Crippen LogP contribution in [-0.4, -0.2) is 56.1 Å². The third-order valence-corrected chi connectivity index (χ3v) is 13.4. The normalized spacial score (nSPS) is 10.2. The number of benzene rings is 4. The lowest BCUT2D eigenvalue weighted by atomic mass is 10.2. The third kappa shape index (κ3) is 22.5. The van der Waals surface area contributed by atoms with Crippen LogP contribution < -0.4 is 10.4 Å². The van der Waals surface area contributed by atoms with Gasteiger partial charge in [0.1, 0.15) is 13.7 Å². The molecule has 0 heterocycles. The molecule has 0 saturated heterocycles. The van der Waals surface area contributed by atoms with Crippen molar-refractivity contribution in [3.05, 3.63) is 131 Å². The van der Waals surface area contributed by atoms with Crippen LogP contribution in [0.25, 0.3) is 0 Å². The van der Waals surface area contributed by atoms with Crippen LogP contribution in [-0.2, 0) is 38.3 Å². The fraction of sp³-hybridized carbons (Fsp3) is 0.222. The van der Waals surface area contributed by atoms with Crippen molar-refractivity contribution in [1.29, 1.82) is 0 Å². The molecule has 0 aliphatic rings. The number of hydrogen-bond donors (Lipinski definition) is 1. The minimum absolute atomic E-state index is 0.163. The molecule has 0 aliphatic heterocycles. The monoisotopic (exact) mass is 820 g/mol. The van der Waals surface area contributed by atoms with Crippen molar-refractivity contribution >= 4 is 133 Å². The van der Waals surface area contributed by atoms with Gasteiger partial charge in [-0.15, -0.1) is 58.6 Å². The molecule has 1 N–H and O–H groups in total. The molecule has 0 aliphatic carbocycles. The molecule has 4 aromatic rings. The van der Waals surface area contributed by atoms with Crippen LogP contribution in [0.3, 0.4) is 0 Å². The van der Waals surface area contributed by atoms with Gasteiger partial charge in [0, 0.05) is 49.4 Å². The first-order valence-electron chi connectivity index (χ1n) is 15.4. The molecule has 0 bridgehead atoms. The van der Waals surface area contributed by atoms with E-state index in [-0.39, 0.29) is 12.4 Å². The number of thioether (sulfide) groups is 4. The number of halogens is 1. The summed E-state index contributed by atoms with van der Waals surface area (Å²) in [5, 5.41) is 11.2. The Balaban J connectivity index is 0.000000285. The summed E-state index contributed by atoms with van der Waals surface area (Å²) in [6, 6.07) is 36.9. The quantitative estimate of drug-likeness (QED) is 0.0669. The molecule has 0 atom stereocenters. The molecule has 260 valence electrons. The molecule has 0 aromatic heterocycles. The lowest BCUT2D eigenvalue weighted by Crippen LogP contribution is -2.07. The van der Waals surface area contributed by atoms with Gasteiger partial charge in [-0.2, -0.15) is 0 Å². The highest BCUT2D eigenvalue weighted by Crippen LogP contribution is 2.23. The zero-order valence-electron chi connectivity index (χ0n) is 27.5. The second-order valence-corrected chi connectivity index (χ2v) is 19.5. The Morgan fingerprint density at radius 1 is 0.612 bits per heavy atom. The maximum Gasteiger partial charge on any atom is 0.306 e. The van der Waals surface area contributed by atoms with Gasteiger partial charge in [-0.3, -0.25) is 9.59 Å². The van der Waals surface area contributed by atoms with Crippen LogP contribution in [0.5, 0.6) is 0 Å². The fourth-order valence-electron chi connectivity index (χ4n) is 3.55. The third-order valence-electron chi connectivity index (χ3n) is 6.26. The number of carbonyl (C=O) groups excluding carboxylic acids is 1. The number of carbonyl (C=O) groups is 2. The molecule has 4 rings (SSSR count). The molecule has 4 aromatic carbocycles. The van der Waals surface area contributed by atoms with E-state index >= 15 is 0 Å². The molecular formula is C36H41ClO4S6Si2. The van der Waals surface area contributed by atoms with E-state index in [2.05, 4.69) is 60.7 Å². The number of carboxylic acid groups (broad SMARTS) is 1. The van der Waals surface area contributed by atoms with E-state index in [0.29, 0.717) is 30.4 Å². The van der Waals surface area contributed by atoms with Crippen molar-refractivity contribution in [2.45, 2.75) is 36.8 Å². The predicted molar refractivity (Wildman–Crippen MR) is 234 cm³/mol. The Morgan fingerprint density at radius 2 is 1.04 bits per heavy atom. The number of aliphatic carboxylic acids is 1. The second-order valence-electron chi connectivity index (χ2n) is 10.4. The van der Waals surface area contributed by atoms with Gasteiger partial charge < -0.3 is 9.84 Å². The van der Waals surface area contributed by atoms with E-state index < -0.39 is 5.97 Å². The number of ether oxygens (including phenoxy) is 1. The van der Waals surface area contributed by atoms with Crippen molar-refractivity contribution in [3.63, 3.8) is 0 Å². The van der Waals surface area contributed by atoms with E-state index in [4.69, 9.17) is 45.9 Å². The Morgan fingerprint density at radius 3 is 1.47 bits per heavy atom. The average molecular weight is 822 g/mol. The molecule has 0 spiro atoms. The van der Waals surface area contributed by atoms with Gasteiger partial charge in [-0.25, -0.2) is 0 Å². The molecular weight excluding hydrogens is 780 g/mol. The van der Waals surface area contributed by atoms with E-state index in [0.717, 1.165) is 44.6 Å². The second kappa shape index (κ2) is 26.9. The number of rotatable bonds is 13. The number of carboxylic acids is 1. The first kappa shape index (κ1) is 43.3. The van der Waals surface area contributed by atoms with Gasteiger partial charge in [0.25, 0.3) is 0 Å². The van der Waals surface area contributed by atoms with Crippen molar-refractivity contribution < 1.29 is 19.4 Å². The first-order valence-corrected chi connectivity index (χ1v) is 22.7. The standard InChI is InChI=1S/C18H20O2S3Si.C11H12O2S3.C7H9ClSi/c19-17(20-12-14-6-8-16(24)9-7-14)10-11-22-18(21)23-13-15-4-2-1-3-5-15;12-10(13)6-7-15-11(14)16-8-9-4-2-1-3-5-9;8-5-6-1-3-7(9)4-2-6/h1-9H,10-13H2,24H3;1-5H,6-8H2,(H,12,13);1-4H,5H2,9H3. The van der Waals surface area contributed by atoms with E-state index in [1.54, 1.807) is 35.3 Å². The number of thiocarbonyl (C=S) groups is 2. The zero-order valence-corrected chi connectivity index (χ0v) is 37.2. The maximum absolute atomic E-state index is 11.8. The van der Waals surface area contributed by atoms with Crippen LogP contribution in [0.4, 0.5) is 0 Å². The average Bonchev–Trinajstić information content (AvgIpc) is 3.11. The van der Waals surface area contributed by atoms with E-state index in [9.17, 15) is 9.59 Å². The zero-order chi connectivity index (χ0) is 35.7. The Bertz CT molecular complexity index is 1550. The minimum Gasteiger partial charge on any atom is -0.481 e. The van der Waals surface area contributed by atoms with E-state index in [1.165, 1.54) is 38.8 Å². The Labute approximate surface area is 329 Å². The smallest absolute Gasteiger partial charge is 0.306 e. The SMILES string of the molecule is O=C(CCSC(=S)SCc1ccccc1)OCc1ccc([SiH3])cc1.O=C(O)CCSC(=S)SCc1ccccc1.[SiH3]c1ccc(CCl)cc1. The molecule has 4 nitrogen and oxygen atoms in total. The summed E-state index contributed by atoms with van der Waals surface area (Å²) in [5.74, 6) is 2.61. The van der Waals surface area contributed by atoms with Crippen molar-refractivity contribution in [2.24, 2.45) is 0 Å². The highest BCUT2D eigenvalue weighted by atomic mass is 35.5. The maximum atomic E-state index is 11.8.